The molecule has 3 heterocycles. The minimum Gasteiger partial charge on any atom is -0.466 e. The Balaban J connectivity index is 1.60. The molecule has 1 aromatic carbocycles. The summed E-state index contributed by atoms with van der Waals surface area (Å²) in [4.78, 5) is 22.3. The van der Waals surface area contributed by atoms with Crippen LogP contribution in [0.4, 0.5) is 29.2 Å². The Labute approximate surface area is 229 Å². The zero-order valence-corrected chi connectivity index (χ0v) is 22.9. The first-order valence-corrected chi connectivity index (χ1v) is 14.0. The van der Waals surface area contributed by atoms with Crippen molar-refractivity contribution in [3.63, 3.8) is 0 Å². The number of alkyl halides is 3. The molecule has 13 heteroatoms. The molecule has 0 spiro atoms. The van der Waals surface area contributed by atoms with Crippen molar-refractivity contribution in [3.05, 3.63) is 65.5 Å². The SMILES string of the molecule is CCOC(=O)C1(C)CCN(c2cccc(S(=O)(=O)Nc3ccc(C(F)(F)F)c(-c4cccc(F)c4C)n3)n2)CC1. The Bertz CT molecular complexity index is 1520. The third kappa shape index (κ3) is 6.03. The van der Waals surface area contributed by atoms with Crippen molar-refractivity contribution in [1.82, 2.24) is 9.97 Å². The highest BCUT2D eigenvalue weighted by Crippen LogP contribution is 2.38. The smallest absolute Gasteiger partial charge is 0.418 e. The van der Waals surface area contributed by atoms with Crippen molar-refractivity contribution < 1.29 is 35.5 Å². The predicted molar refractivity (Wildman–Crippen MR) is 141 cm³/mol. The number of benzene rings is 1. The van der Waals surface area contributed by atoms with Crippen LogP contribution in [-0.4, -0.2) is 44.1 Å². The highest BCUT2D eigenvalue weighted by Gasteiger charge is 2.39. The van der Waals surface area contributed by atoms with Gasteiger partial charge in [0.15, 0.2) is 5.03 Å². The molecule has 214 valence electrons. The van der Waals surface area contributed by atoms with Gasteiger partial charge in [0.25, 0.3) is 10.0 Å². The lowest BCUT2D eigenvalue weighted by Crippen LogP contribution is -2.43. The predicted octanol–water partition coefficient (Wildman–Crippen LogP) is 5.58. The molecule has 0 saturated carbocycles. The van der Waals surface area contributed by atoms with Crippen LogP contribution in [0.15, 0.2) is 53.6 Å². The summed E-state index contributed by atoms with van der Waals surface area (Å²) in [5, 5.41) is -0.367. The maximum atomic E-state index is 14.1. The Hall–Kier alpha value is -3.74. The average molecular weight is 581 g/mol. The van der Waals surface area contributed by atoms with Crippen LogP contribution in [0.2, 0.25) is 0 Å². The van der Waals surface area contributed by atoms with E-state index in [1.807, 2.05) is 11.8 Å². The molecule has 1 aliphatic rings. The van der Waals surface area contributed by atoms with E-state index in [2.05, 4.69) is 14.7 Å². The minimum atomic E-state index is -4.81. The van der Waals surface area contributed by atoms with E-state index in [9.17, 15) is 30.8 Å². The van der Waals surface area contributed by atoms with Gasteiger partial charge < -0.3 is 9.64 Å². The minimum absolute atomic E-state index is 0.0598. The molecule has 8 nitrogen and oxygen atoms in total. The summed E-state index contributed by atoms with van der Waals surface area (Å²) in [5.41, 5.74) is -2.57. The fourth-order valence-electron chi connectivity index (χ4n) is 4.47. The summed E-state index contributed by atoms with van der Waals surface area (Å²) in [6.07, 6.45) is -3.84. The van der Waals surface area contributed by atoms with E-state index in [1.165, 1.54) is 31.2 Å². The van der Waals surface area contributed by atoms with E-state index in [1.54, 1.807) is 13.0 Å². The molecule has 40 heavy (non-hydrogen) atoms. The molecule has 2 aromatic heterocycles. The summed E-state index contributed by atoms with van der Waals surface area (Å²) in [5.74, 6) is -1.02. The molecule has 0 unspecified atom stereocenters. The van der Waals surface area contributed by atoms with Crippen LogP contribution < -0.4 is 9.62 Å². The normalized spacial score (nSPS) is 15.5. The van der Waals surface area contributed by atoms with E-state index in [0.717, 1.165) is 12.1 Å². The van der Waals surface area contributed by atoms with Gasteiger partial charge in [-0.15, -0.1) is 0 Å². The standard InChI is InChI=1S/C27H28F4N4O4S/c1-4-39-25(36)26(3)13-15-35(16-14-26)22-9-6-10-23(33-22)40(37,38)34-21-12-11-19(27(29,30)31)24(32-21)18-7-5-8-20(28)17(18)2/h5-12H,4,13-16H2,1-3H3,(H,32,34). The fraction of sp³-hybridized carbons (Fsp3) is 0.370. The number of esters is 1. The first kappa shape index (κ1) is 29.2. The lowest BCUT2D eigenvalue weighted by molar-refractivity contribution is -0.155. The molecule has 4 rings (SSSR count). The molecular weight excluding hydrogens is 552 g/mol. The van der Waals surface area contributed by atoms with Gasteiger partial charge in [-0.05, 0) is 69.5 Å². The number of carbonyl (C=O) groups is 1. The number of nitrogens with one attached hydrogen (secondary N) is 1. The second-order valence-electron chi connectivity index (χ2n) is 9.71. The molecular formula is C27H28F4N4O4S. The van der Waals surface area contributed by atoms with Gasteiger partial charge >= 0.3 is 12.1 Å². The molecule has 1 N–H and O–H groups in total. The molecule has 1 saturated heterocycles. The number of carbonyl (C=O) groups excluding carboxylic acids is 1. The van der Waals surface area contributed by atoms with Gasteiger partial charge in [0.1, 0.15) is 17.5 Å². The van der Waals surface area contributed by atoms with Crippen LogP contribution in [0.3, 0.4) is 0 Å². The quantitative estimate of drug-likeness (QED) is 0.288. The third-order valence-electron chi connectivity index (χ3n) is 6.91. The molecule has 1 aliphatic heterocycles. The van der Waals surface area contributed by atoms with Crippen LogP contribution in [-0.2, 0) is 25.7 Å². The summed E-state index contributed by atoms with van der Waals surface area (Å²) >= 11 is 0. The lowest BCUT2D eigenvalue weighted by Gasteiger charge is -2.38. The van der Waals surface area contributed by atoms with E-state index in [0.29, 0.717) is 37.8 Å². The van der Waals surface area contributed by atoms with Gasteiger partial charge in [-0.25, -0.2) is 14.4 Å². The topological polar surface area (TPSA) is 101 Å². The van der Waals surface area contributed by atoms with Gasteiger partial charge in [-0.1, -0.05) is 18.2 Å². The van der Waals surface area contributed by atoms with Crippen molar-refractivity contribution in [2.45, 2.75) is 44.8 Å². The van der Waals surface area contributed by atoms with E-state index >= 15 is 0 Å². The van der Waals surface area contributed by atoms with Crippen LogP contribution in [0.1, 0.15) is 37.8 Å². The average Bonchev–Trinajstić information content (AvgIpc) is 2.90. The number of pyridine rings is 2. The summed E-state index contributed by atoms with van der Waals surface area (Å²) in [6, 6.07) is 9.61. The Morgan fingerprint density at radius 3 is 2.40 bits per heavy atom. The van der Waals surface area contributed by atoms with E-state index in [-0.39, 0.29) is 34.5 Å². The molecule has 0 radical (unpaired) electrons. The van der Waals surface area contributed by atoms with Crippen LogP contribution in [0, 0.1) is 18.2 Å². The molecule has 0 bridgehead atoms. The molecule has 0 amide bonds. The molecule has 0 atom stereocenters. The Morgan fingerprint density at radius 2 is 1.75 bits per heavy atom. The van der Waals surface area contributed by atoms with Crippen molar-refractivity contribution >= 4 is 27.6 Å². The Morgan fingerprint density at radius 1 is 1.07 bits per heavy atom. The fourth-order valence-corrected chi connectivity index (χ4v) is 5.44. The van der Waals surface area contributed by atoms with E-state index in [4.69, 9.17) is 4.74 Å². The number of ether oxygens (including phenoxy) is 1. The van der Waals surface area contributed by atoms with Gasteiger partial charge in [-0.2, -0.15) is 21.6 Å². The maximum absolute atomic E-state index is 14.1. The summed E-state index contributed by atoms with van der Waals surface area (Å²) in [7, 11) is -4.36. The van der Waals surface area contributed by atoms with Crippen molar-refractivity contribution in [2.75, 3.05) is 29.3 Å². The molecule has 3 aromatic rings. The van der Waals surface area contributed by atoms with Crippen LogP contribution >= 0.6 is 0 Å². The second kappa shape index (κ2) is 11.0. The number of hydrogen-bond acceptors (Lipinski definition) is 7. The van der Waals surface area contributed by atoms with Gasteiger partial charge in [0.05, 0.1) is 23.3 Å². The number of piperidine rings is 1. The highest BCUT2D eigenvalue weighted by atomic mass is 32.2. The number of sulfonamides is 1. The zero-order chi connectivity index (χ0) is 29.3. The second-order valence-corrected chi connectivity index (χ2v) is 11.3. The van der Waals surface area contributed by atoms with Crippen molar-refractivity contribution in [1.29, 1.82) is 0 Å². The molecule has 0 aliphatic carbocycles. The zero-order valence-electron chi connectivity index (χ0n) is 22.0. The maximum Gasteiger partial charge on any atom is 0.418 e. The largest absolute Gasteiger partial charge is 0.466 e. The van der Waals surface area contributed by atoms with E-state index < -0.39 is 38.7 Å². The van der Waals surface area contributed by atoms with Crippen molar-refractivity contribution in [3.8, 4) is 11.3 Å². The number of nitrogens with zero attached hydrogens (tertiary/aromatic N) is 3. The number of halogens is 4. The van der Waals surface area contributed by atoms with Gasteiger partial charge in [0.2, 0.25) is 0 Å². The summed E-state index contributed by atoms with van der Waals surface area (Å²) < 4.78 is 89.1. The monoisotopic (exact) mass is 580 g/mol. The highest BCUT2D eigenvalue weighted by molar-refractivity contribution is 7.92. The number of aromatic nitrogens is 2. The lowest BCUT2D eigenvalue weighted by atomic mass is 9.80. The number of hydrogen-bond donors (Lipinski definition) is 1. The Kier molecular flexibility index (Phi) is 8.06. The summed E-state index contributed by atoms with van der Waals surface area (Å²) in [6.45, 7) is 6.05. The third-order valence-corrected chi connectivity index (χ3v) is 8.16. The van der Waals surface area contributed by atoms with Gasteiger partial charge in [0, 0.05) is 18.7 Å². The number of anilines is 2. The van der Waals surface area contributed by atoms with Gasteiger partial charge in [-0.3, -0.25) is 9.52 Å². The van der Waals surface area contributed by atoms with Crippen LogP contribution in [0.25, 0.3) is 11.3 Å². The van der Waals surface area contributed by atoms with Crippen molar-refractivity contribution in [2.24, 2.45) is 5.41 Å². The van der Waals surface area contributed by atoms with Crippen LogP contribution in [0.5, 0.6) is 0 Å². The first-order chi connectivity index (χ1) is 18.7. The number of rotatable bonds is 7. The first-order valence-electron chi connectivity index (χ1n) is 12.5. The molecule has 1 fully saturated rings.